The zero-order valence-corrected chi connectivity index (χ0v) is 17.9. The molecule has 0 aliphatic carbocycles. The van der Waals surface area contributed by atoms with Crippen LogP contribution in [-0.4, -0.2) is 38.2 Å². The number of ether oxygens (including phenoxy) is 2. The van der Waals surface area contributed by atoms with Gasteiger partial charge in [-0.25, -0.2) is 4.98 Å². The van der Waals surface area contributed by atoms with Gasteiger partial charge in [0.15, 0.2) is 22.5 Å². The molecule has 32 heavy (non-hydrogen) atoms. The lowest BCUT2D eigenvalue weighted by molar-refractivity contribution is -0.113. The Hall–Kier alpha value is -3.79. The summed E-state index contributed by atoms with van der Waals surface area (Å²) in [5.41, 5.74) is 2.14. The molecule has 2 aromatic carbocycles. The van der Waals surface area contributed by atoms with Gasteiger partial charge in [-0.15, -0.1) is 0 Å². The number of benzene rings is 2. The first-order valence-electron chi connectivity index (χ1n) is 9.89. The van der Waals surface area contributed by atoms with E-state index in [2.05, 4.69) is 20.5 Å². The summed E-state index contributed by atoms with van der Waals surface area (Å²) < 4.78 is 12.4. The molecular formula is C22H19N5O4S. The molecule has 10 heteroatoms. The van der Waals surface area contributed by atoms with Gasteiger partial charge in [0, 0.05) is 11.8 Å². The van der Waals surface area contributed by atoms with Crippen LogP contribution in [0.3, 0.4) is 0 Å². The second kappa shape index (κ2) is 8.39. The number of carbonyl (C=O) groups excluding carboxylic acids is 1. The molecule has 0 saturated heterocycles. The first-order chi connectivity index (χ1) is 15.6. The number of para-hydroxylation sites is 1. The minimum Gasteiger partial charge on any atom is -0.454 e. The predicted octanol–water partition coefficient (Wildman–Crippen LogP) is 2.94. The van der Waals surface area contributed by atoms with Crippen molar-refractivity contribution in [2.24, 2.45) is 0 Å². The molecule has 0 saturated carbocycles. The van der Waals surface area contributed by atoms with Gasteiger partial charge in [0.05, 0.1) is 23.2 Å². The molecule has 9 nitrogen and oxygen atoms in total. The molecule has 0 radical (unpaired) electrons. The van der Waals surface area contributed by atoms with Gasteiger partial charge in [0.1, 0.15) is 0 Å². The fourth-order valence-electron chi connectivity index (χ4n) is 3.41. The average molecular weight is 449 g/mol. The van der Waals surface area contributed by atoms with E-state index in [1.165, 1.54) is 11.8 Å². The summed E-state index contributed by atoms with van der Waals surface area (Å²) in [6.45, 7) is 2.32. The highest BCUT2D eigenvalue weighted by molar-refractivity contribution is 7.99. The summed E-state index contributed by atoms with van der Waals surface area (Å²) >= 11 is 1.20. The number of H-pyrrole nitrogens is 1. The van der Waals surface area contributed by atoms with Gasteiger partial charge < -0.3 is 14.8 Å². The summed E-state index contributed by atoms with van der Waals surface area (Å²) in [6, 6.07) is 14.5. The van der Waals surface area contributed by atoms with Crippen molar-refractivity contribution in [3.05, 3.63) is 70.1 Å². The molecule has 0 fully saturated rings. The number of carbonyl (C=O) groups is 1. The van der Waals surface area contributed by atoms with Crippen molar-refractivity contribution < 1.29 is 14.3 Å². The van der Waals surface area contributed by atoms with Crippen LogP contribution in [0.4, 0.5) is 5.82 Å². The van der Waals surface area contributed by atoms with Crippen molar-refractivity contribution in [2.75, 3.05) is 17.9 Å². The largest absolute Gasteiger partial charge is 0.454 e. The van der Waals surface area contributed by atoms with Gasteiger partial charge in [-0.05, 0) is 36.8 Å². The van der Waals surface area contributed by atoms with E-state index in [4.69, 9.17) is 9.47 Å². The Morgan fingerprint density at radius 2 is 2.03 bits per heavy atom. The van der Waals surface area contributed by atoms with Crippen LogP contribution in [0.15, 0.2) is 58.5 Å². The minimum absolute atomic E-state index is 0.0812. The molecule has 0 atom stereocenters. The fourth-order valence-corrected chi connectivity index (χ4v) is 4.21. The predicted molar refractivity (Wildman–Crippen MR) is 120 cm³/mol. The first-order valence-corrected chi connectivity index (χ1v) is 10.9. The molecule has 0 unspecified atom stereocenters. The SMILES string of the molecule is Cc1cc(NC(=O)CSc2nc3ccccc3c(=O)n2Cc2ccc3c(c2)OCO3)n[nH]1. The smallest absolute Gasteiger partial charge is 0.262 e. The quantitative estimate of drug-likeness (QED) is 0.344. The number of rotatable bonds is 6. The van der Waals surface area contributed by atoms with E-state index in [0.29, 0.717) is 33.4 Å². The van der Waals surface area contributed by atoms with E-state index >= 15 is 0 Å². The zero-order valence-electron chi connectivity index (χ0n) is 17.1. The topological polar surface area (TPSA) is 111 Å². The van der Waals surface area contributed by atoms with Crippen molar-refractivity contribution in [3.8, 4) is 11.5 Å². The minimum atomic E-state index is -0.237. The van der Waals surface area contributed by atoms with E-state index < -0.39 is 0 Å². The molecule has 2 aromatic heterocycles. The van der Waals surface area contributed by atoms with Crippen LogP contribution in [0.5, 0.6) is 11.5 Å². The third-order valence-corrected chi connectivity index (χ3v) is 5.89. The molecule has 5 rings (SSSR count). The van der Waals surface area contributed by atoms with Gasteiger partial charge >= 0.3 is 0 Å². The molecular weight excluding hydrogens is 430 g/mol. The van der Waals surface area contributed by atoms with Crippen LogP contribution < -0.4 is 20.3 Å². The van der Waals surface area contributed by atoms with Crippen molar-refractivity contribution >= 4 is 34.4 Å². The van der Waals surface area contributed by atoms with Crippen LogP contribution in [0, 0.1) is 6.92 Å². The molecule has 162 valence electrons. The fraction of sp³-hybridized carbons (Fsp3) is 0.182. The highest BCUT2D eigenvalue weighted by Crippen LogP contribution is 2.33. The van der Waals surface area contributed by atoms with Gasteiger partial charge in [-0.2, -0.15) is 5.10 Å². The van der Waals surface area contributed by atoms with E-state index in [0.717, 1.165) is 11.3 Å². The third kappa shape index (κ3) is 4.04. The standard InChI is InChI=1S/C22H19N5O4S/c1-13-8-19(26-25-13)24-20(28)11-32-22-23-16-5-3-2-4-15(16)21(29)27(22)10-14-6-7-17-18(9-14)31-12-30-17/h2-9H,10-12H2,1H3,(H2,24,25,26,28). The molecule has 1 amide bonds. The van der Waals surface area contributed by atoms with E-state index in [1.54, 1.807) is 22.8 Å². The lowest BCUT2D eigenvalue weighted by Gasteiger charge is -2.13. The zero-order chi connectivity index (χ0) is 22.1. The van der Waals surface area contributed by atoms with Crippen LogP contribution in [0.2, 0.25) is 0 Å². The number of aryl methyl sites for hydroxylation is 1. The number of hydrogen-bond acceptors (Lipinski definition) is 7. The van der Waals surface area contributed by atoms with Crippen molar-refractivity contribution in [1.82, 2.24) is 19.7 Å². The maximum Gasteiger partial charge on any atom is 0.262 e. The molecule has 2 N–H and O–H groups in total. The first kappa shape index (κ1) is 20.1. The average Bonchev–Trinajstić information content (AvgIpc) is 3.42. The second-order valence-electron chi connectivity index (χ2n) is 7.26. The van der Waals surface area contributed by atoms with Gasteiger partial charge in [0.25, 0.3) is 5.56 Å². The van der Waals surface area contributed by atoms with Crippen molar-refractivity contribution in [2.45, 2.75) is 18.6 Å². The molecule has 0 bridgehead atoms. The normalized spacial score (nSPS) is 12.3. The second-order valence-corrected chi connectivity index (χ2v) is 8.21. The summed E-state index contributed by atoms with van der Waals surface area (Å²) in [7, 11) is 0. The number of thioether (sulfide) groups is 1. The number of hydrogen-bond donors (Lipinski definition) is 2. The molecule has 1 aliphatic heterocycles. The number of anilines is 1. The Morgan fingerprint density at radius 3 is 2.88 bits per heavy atom. The Morgan fingerprint density at radius 1 is 1.19 bits per heavy atom. The van der Waals surface area contributed by atoms with Crippen LogP contribution >= 0.6 is 11.8 Å². The number of nitrogens with zero attached hydrogens (tertiary/aromatic N) is 3. The summed E-state index contributed by atoms with van der Waals surface area (Å²) in [5.74, 6) is 1.62. The lowest BCUT2D eigenvalue weighted by atomic mass is 10.2. The van der Waals surface area contributed by atoms with Crippen LogP contribution in [0.1, 0.15) is 11.3 Å². The number of nitrogens with one attached hydrogen (secondary N) is 2. The van der Waals surface area contributed by atoms with E-state index in [9.17, 15) is 9.59 Å². The third-order valence-electron chi connectivity index (χ3n) is 4.91. The monoisotopic (exact) mass is 449 g/mol. The van der Waals surface area contributed by atoms with Crippen LogP contribution in [0.25, 0.3) is 10.9 Å². The Labute approximate surface area is 186 Å². The van der Waals surface area contributed by atoms with E-state index in [-0.39, 0.29) is 30.6 Å². The molecule has 1 aliphatic rings. The van der Waals surface area contributed by atoms with Gasteiger partial charge in [-0.3, -0.25) is 19.3 Å². The molecule has 3 heterocycles. The number of fused-ring (bicyclic) bond motifs is 2. The summed E-state index contributed by atoms with van der Waals surface area (Å²) in [5, 5.41) is 10.5. The maximum absolute atomic E-state index is 13.3. The van der Waals surface area contributed by atoms with Crippen LogP contribution in [-0.2, 0) is 11.3 Å². The van der Waals surface area contributed by atoms with E-state index in [1.807, 2.05) is 37.3 Å². The van der Waals surface area contributed by atoms with Crippen molar-refractivity contribution in [1.29, 1.82) is 0 Å². The highest BCUT2D eigenvalue weighted by Gasteiger charge is 2.17. The number of aromatic amines is 1. The summed E-state index contributed by atoms with van der Waals surface area (Å²) in [4.78, 5) is 30.3. The van der Waals surface area contributed by atoms with Gasteiger partial charge in [0.2, 0.25) is 12.7 Å². The lowest BCUT2D eigenvalue weighted by Crippen LogP contribution is -2.25. The number of amides is 1. The Kier molecular flexibility index (Phi) is 5.28. The molecule has 4 aromatic rings. The van der Waals surface area contributed by atoms with Gasteiger partial charge in [-0.1, -0.05) is 30.0 Å². The Bertz CT molecular complexity index is 1380. The van der Waals surface area contributed by atoms with Crippen molar-refractivity contribution in [3.63, 3.8) is 0 Å². The number of aromatic nitrogens is 4. The highest BCUT2D eigenvalue weighted by atomic mass is 32.2. The maximum atomic E-state index is 13.3. The summed E-state index contributed by atoms with van der Waals surface area (Å²) in [6.07, 6.45) is 0. The molecule has 0 spiro atoms. The Balaban J connectivity index is 1.44.